The molecule has 2 aliphatic heterocycles. The van der Waals surface area contributed by atoms with Gasteiger partial charge in [0.2, 0.25) is 5.91 Å². The average molecular weight is 283 g/mol. The fourth-order valence-corrected chi connectivity index (χ4v) is 2.81. The number of β-amino-alcohol motifs (C(OH)–C–C–N with tert-alkyl or cyclic N) is 1. The molecule has 2 heterocycles. The minimum absolute atomic E-state index is 0. The van der Waals surface area contributed by atoms with Gasteiger partial charge in [-0.25, -0.2) is 0 Å². The molecule has 19 heavy (non-hydrogen) atoms. The van der Waals surface area contributed by atoms with Gasteiger partial charge in [0.15, 0.2) is 0 Å². The third-order valence-corrected chi connectivity index (χ3v) is 3.85. The van der Waals surface area contributed by atoms with Crippen molar-refractivity contribution in [2.24, 2.45) is 0 Å². The van der Waals surface area contributed by atoms with Crippen molar-refractivity contribution in [3.05, 3.63) is 35.4 Å². The van der Waals surface area contributed by atoms with E-state index in [2.05, 4.69) is 17.4 Å². The molecule has 0 saturated carbocycles. The van der Waals surface area contributed by atoms with Crippen LogP contribution in [-0.4, -0.2) is 41.1 Å². The van der Waals surface area contributed by atoms with Gasteiger partial charge in [-0.2, -0.15) is 0 Å². The monoisotopic (exact) mass is 282 g/mol. The molecule has 0 radical (unpaired) electrons. The Morgan fingerprint density at radius 1 is 1.32 bits per heavy atom. The summed E-state index contributed by atoms with van der Waals surface area (Å²) in [6.07, 6.45) is 1.09. The lowest BCUT2D eigenvalue weighted by atomic mass is 9.99. The summed E-state index contributed by atoms with van der Waals surface area (Å²) < 4.78 is 0. The number of carbonyl (C=O) groups excluding carboxylic acids is 1. The van der Waals surface area contributed by atoms with Gasteiger partial charge in [0.25, 0.3) is 0 Å². The van der Waals surface area contributed by atoms with Crippen molar-refractivity contribution in [2.75, 3.05) is 13.1 Å². The van der Waals surface area contributed by atoms with E-state index in [4.69, 9.17) is 0 Å². The quantitative estimate of drug-likeness (QED) is 0.798. The minimum Gasteiger partial charge on any atom is -0.392 e. The topological polar surface area (TPSA) is 52.6 Å². The highest BCUT2D eigenvalue weighted by atomic mass is 35.5. The van der Waals surface area contributed by atoms with Gasteiger partial charge in [0.1, 0.15) is 0 Å². The van der Waals surface area contributed by atoms with Crippen LogP contribution in [0.5, 0.6) is 0 Å². The lowest BCUT2D eigenvalue weighted by Crippen LogP contribution is -2.45. The highest BCUT2D eigenvalue weighted by molar-refractivity contribution is 5.85. The Balaban J connectivity index is 0.00000133. The van der Waals surface area contributed by atoms with E-state index in [1.54, 1.807) is 0 Å². The number of rotatable bonds is 1. The Bertz CT molecular complexity index is 467. The Labute approximate surface area is 119 Å². The van der Waals surface area contributed by atoms with Crippen LogP contribution in [0, 0.1) is 0 Å². The second-order valence-electron chi connectivity index (χ2n) is 5.13. The molecule has 0 aliphatic carbocycles. The van der Waals surface area contributed by atoms with Gasteiger partial charge >= 0.3 is 0 Å². The zero-order valence-corrected chi connectivity index (χ0v) is 11.5. The molecule has 2 N–H and O–H groups in total. The number of benzene rings is 1. The van der Waals surface area contributed by atoms with Crippen LogP contribution in [0.25, 0.3) is 0 Å². The number of aliphatic hydroxyl groups is 1. The van der Waals surface area contributed by atoms with Crippen molar-refractivity contribution in [1.82, 2.24) is 10.2 Å². The molecule has 2 unspecified atom stereocenters. The molecular weight excluding hydrogens is 264 g/mol. The van der Waals surface area contributed by atoms with Crippen LogP contribution in [0.3, 0.4) is 0 Å². The molecule has 1 fully saturated rings. The van der Waals surface area contributed by atoms with Gasteiger partial charge in [-0.15, -0.1) is 12.4 Å². The summed E-state index contributed by atoms with van der Waals surface area (Å²) in [6, 6.07) is 8.08. The smallest absolute Gasteiger partial charge is 0.240 e. The van der Waals surface area contributed by atoms with Crippen molar-refractivity contribution in [3.8, 4) is 0 Å². The normalized spacial score (nSPS) is 25.6. The van der Waals surface area contributed by atoms with Crippen LogP contribution in [0.2, 0.25) is 0 Å². The van der Waals surface area contributed by atoms with E-state index in [1.807, 2.05) is 17.0 Å². The van der Waals surface area contributed by atoms with Crippen LogP contribution < -0.4 is 5.32 Å². The van der Waals surface area contributed by atoms with Crippen LogP contribution in [0.15, 0.2) is 24.3 Å². The van der Waals surface area contributed by atoms with Gasteiger partial charge in [-0.1, -0.05) is 24.3 Å². The van der Waals surface area contributed by atoms with Gasteiger partial charge in [-0.05, 0) is 24.0 Å². The van der Waals surface area contributed by atoms with Crippen molar-refractivity contribution >= 4 is 18.3 Å². The van der Waals surface area contributed by atoms with Crippen LogP contribution in [-0.2, 0) is 17.8 Å². The summed E-state index contributed by atoms with van der Waals surface area (Å²) in [7, 11) is 0. The number of hydrogen-bond acceptors (Lipinski definition) is 3. The number of nitrogens with one attached hydrogen (secondary N) is 1. The lowest BCUT2D eigenvalue weighted by molar-refractivity contribution is -0.134. The maximum absolute atomic E-state index is 12.3. The predicted molar refractivity (Wildman–Crippen MR) is 75.2 cm³/mol. The molecule has 4 nitrogen and oxygen atoms in total. The molecule has 1 aromatic carbocycles. The summed E-state index contributed by atoms with van der Waals surface area (Å²) in [4.78, 5) is 14.2. The zero-order chi connectivity index (χ0) is 12.5. The highest BCUT2D eigenvalue weighted by Gasteiger charge is 2.32. The highest BCUT2D eigenvalue weighted by Crippen LogP contribution is 2.20. The summed E-state index contributed by atoms with van der Waals surface area (Å²) in [5.41, 5.74) is 2.59. The SMILES string of the molecule is Cl.O=C(C1CC(O)CN1)N1CCc2ccccc2C1. The first-order chi connectivity index (χ1) is 8.74. The molecule has 104 valence electrons. The van der Waals surface area contributed by atoms with E-state index in [0.717, 1.165) is 13.0 Å². The first-order valence-electron chi connectivity index (χ1n) is 6.51. The maximum Gasteiger partial charge on any atom is 0.240 e. The Hall–Kier alpha value is -1.10. The number of amides is 1. The molecule has 0 aromatic heterocycles. The molecule has 2 atom stereocenters. The van der Waals surface area contributed by atoms with Gasteiger partial charge in [-0.3, -0.25) is 4.79 Å². The summed E-state index contributed by atoms with van der Waals surface area (Å²) >= 11 is 0. The number of fused-ring (bicyclic) bond motifs is 1. The molecule has 1 amide bonds. The fourth-order valence-electron chi connectivity index (χ4n) is 2.81. The number of nitrogens with zero attached hydrogens (tertiary/aromatic N) is 1. The first kappa shape index (κ1) is 14.3. The molecule has 5 heteroatoms. The third kappa shape index (κ3) is 2.91. The predicted octanol–water partition coefficient (Wildman–Crippen LogP) is 0.716. The van der Waals surface area contributed by atoms with Crippen LogP contribution in [0.4, 0.5) is 0 Å². The first-order valence-corrected chi connectivity index (χ1v) is 6.51. The van der Waals surface area contributed by atoms with Crippen molar-refractivity contribution < 1.29 is 9.90 Å². The third-order valence-electron chi connectivity index (χ3n) is 3.85. The lowest BCUT2D eigenvalue weighted by Gasteiger charge is -2.30. The second-order valence-corrected chi connectivity index (χ2v) is 5.13. The van der Waals surface area contributed by atoms with Crippen LogP contribution in [0.1, 0.15) is 17.5 Å². The molecule has 0 bridgehead atoms. The van der Waals surface area contributed by atoms with Crippen LogP contribution >= 0.6 is 12.4 Å². The number of carbonyl (C=O) groups is 1. The zero-order valence-electron chi connectivity index (χ0n) is 10.7. The summed E-state index contributed by atoms with van der Waals surface area (Å²) in [5, 5.41) is 12.6. The minimum atomic E-state index is -0.379. The van der Waals surface area contributed by atoms with E-state index < -0.39 is 0 Å². The molecule has 1 saturated heterocycles. The maximum atomic E-state index is 12.3. The standard InChI is InChI=1S/C14H18N2O2.ClH/c17-12-7-13(15-8-12)14(18)16-6-5-10-3-1-2-4-11(10)9-16;/h1-4,12-13,15,17H,5-9H2;1H. The van der Waals surface area contributed by atoms with Gasteiger partial charge in [0, 0.05) is 19.6 Å². The fraction of sp³-hybridized carbons (Fsp3) is 0.500. The van der Waals surface area contributed by atoms with Gasteiger partial charge < -0.3 is 15.3 Å². The van der Waals surface area contributed by atoms with E-state index in [9.17, 15) is 9.90 Å². The number of hydrogen-bond donors (Lipinski definition) is 2. The van der Waals surface area contributed by atoms with Crippen molar-refractivity contribution in [1.29, 1.82) is 0 Å². The van der Waals surface area contributed by atoms with Crippen molar-refractivity contribution in [3.63, 3.8) is 0 Å². The largest absolute Gasteiger partial charge is 0.392 e. The van der Waals surface area contributed by atoms with E-state index in [-0.39, 0.29) is 30.5 Å². The summed E-state index contributed by atoms with van der Waals surface area (Å²) in [6.45, 7) is 2.01. The summed E-state index contributed by atoms with van der Waals surface area (Å²) in [5.74, 6) is 0.126. The molecular formula is C14H19ClN2O2. The van der Waals surface area contributed by atoms with E-state index in [1.165, 1.54) is 11.1 Å². The molecule has 1 aromatic rings. The van der Waals surface area contributed by atoms with E-state index in [0.29, 0.717) is 19.5 Å². The second kappa shape index (κ2) is 5.90. The number of halogens is 1. The number of aliphatic hydroxyl groups excluding tert-OH is 1. The molecule has 3 rings (SSSR count). The average Bonchev–Trinajstić information content (AvgIpc) is 2.84. The Morgan fingerprint density at radius 2 is 2.05 bits per heavy atom. The Morgan fingerprint density at radius 3 is 2.74 bits per heavy atom. The van der Waals surface area contributed by atoms with Gasteiger partial charge in [0.05, 0.1) is 12.1 Å². The molecule has 2 aliphatic rings. The molecule has 0 spiro atoms. The Kier molecular flexibility index (Phi) is 4.45. The van der Waals surface area contributed by atoms with Crippen molar-refractivity contribution in [2.45, 2.75) is 31.5 Å². The van der Waals surface area contributed by atoms with E-state index >= 15 is 0 Å².